The molecule has 0 amide bonds. The third kappa shape index (κ3) is 2.98. The van der Waals surface area contributed by atoms with Crippen LogP contribution in [0.4, 0.5) is 0 Å². The zero-order chi connectivity index (χ0) is 10.1. The monoisotopic (exact) mass is 184 g/mol. The molecule has 1 N–H and O–H groups in total. The number of hydrogen-bond acceptors (Lipinski definition) is 1. The zero-order valence-corrected chi connectivity index (χ0v) is 9.51. The first-order valence-corrected chi connectivity index (χ1v) is 5.59. The summed E-state index contributed by atoms with van der Waals surface area (Å²) in [6.07, 6.45) is 4.96. The molecule has 0 aromatic heterocycles. The lowest BCUT2D eigenvalue weighted by Gasteiger charge is -2.37. The van der Waals surface area contributed by atoms with Crippen LogP contribution in [0.15, 0.2) is 0 Å². The smallest absolute Gasteiger partial charge is 0.0540 e. The van der Waals surface area contributed by atoms with E-state index in [1.807, 2.05) is 6.92 Å². The van der Waals surface area contributed by atoms with E-state index in [1.54, 1.807) is 0 Å². The number of hydrogen-bond donors (Lipinski definition) is 1. The molecule has 0 unspecified atom stereocenters. The van der Waals surface area contributed by atoms with Gasteiger partial charge in [-0.3, -0.25) is 0 Å². The minimum Gasteiger partial charge on any atom is -0.393 e. The maximum absolute atomic E-state index is 9.47. The molecule has 1 atom stereocenters. The molecule has 0 saturated heterocycles. The fourth-order valence-corrected chi connectivity index (χ4v) is 2.47. The van der Waals surface area contributed by atoms with Gasteiger partial charge in [0.15, 0.2) is 0 Å². The van der Waals surface area contributed by atoms with Crippen molar-refractivity contribution in [3.63, 3.8) is 0 Å². The highest BCUT2D eigenvalue weighted by Gasteiger charge is 2.30. The Balaban J connectivity index is 2.39. The van der Waals surface area contributed by atoms with E-state index in [2.05, 4.69) is 20.8 Å². The molecule has 0 bridgehead atoms. The first-order chi connectivity index (χ1) is 5.91. The minimum absolute atomic E-state index is 0.0964. The number of aliphatic hydroxyl groups excluding tert-OH is 1. The van der Waals surface area contributed by atoms with Crippen LogP contribution in [0.5, 0.6) is 0 Å². The SMILES string of the molecule is C[C@H](O)C1CCC(C(C)(C)C)CC1. The molecule has 0 aromatic rings. The maximum atomic E-state index is 9.47. The summed E-state index contributed by atoms with van der Waals surface area (Å²) < 4.78 is 0. The van der Waals surface area contributed by atoms with Crippen molar-refractivity contribution in [1.29, 1.82) is 0 Å². The van der Waals surface area contributed by atoms with Crippen LogP contribution >= 0.6 is 0 Å². The molecule has 0 heterocycles. The molecule has 0 aromatic carbocycles. The van der Waals surface area contributed by atoms with Gasteiger partial charge < -0.3 is 5.11 Å². The fraction of sp³-hybridized carbons (Fsp3) is 1.00. The van der Waals surface area contributed by atoms with Gasteiger partial charge in [-0.15, -0.1) is 0 Å². The summed E-state index contributed by atoms with van der Waals surface area (Å²) >= 11 is 0. The topological polar surface area (TPSA) is 20.2 Å². The van der Waals surface area contributed by atoms with Gasteiger partial charge >= 0.3 is 0 Å². The third-order valence-electron chi connectivity index (χ3n) is 3.68. The number of aliphatic hydroxyl groups is 1. The Bertz CT molecular complexity index is 147. The Labute approximate surface area is 82.5 Å². The van der Waals surface area contributed by atoms with Crippen LogP contribution in [0.3, 0.4) is 0 Å². The minimum atomic E-state index is -0.0964. The van der Waals surface area contributed by atoms with Gasteiger partial charge in [0.2, 0.25) is 0 Å². The highest BCUT2D eigenvalue weighted by molar-refractivity contribution is 4.81. The van der Waals surface area contributed by atoms with Crippen molar-refractivity contribution < 1.29 is 5.11 Å². The molecule has 1 nitrogen and oxygen atoms in total. The van der Waals surface area contributed by atoms with Gasteiger partial charge in [-0.05, 0) is 49.9 Å². The van der Waals surface area contributed by atoms with Gasteiger partial charge in [-0.1, -0.05) is 20.8 Å². The lowest BCUT2D eigenvalue weighted by Crippen LogP contribution is -2.29. The van der Waals surface area contributed by atoms with Crippen LogP contribution in [0.2, 0.25) is 0 Å². The standard InChI is InChI=1S/C12H24O/c1-9(13)10-5-7-11(8-6-10)12(2,3)4/h9-11,13H,5-8H2,1-4H3/t9-,10?,11?/m0/s1. The average Bonchev–Trinajstić information content (AvgIpc) is 2.03. The van der Waals surface area contributed by atoms with E-state index in [1.165, 1.54) is 25.7 Å². The second kappa shape index (κ2) is 4.00. The summed E-state index contributed by atoms with van der Waals surface area (Å²) in [5.41, 5.74) is 0.462. The zero-order valence-electron chi connectivity index (χ0n) is 9.51. The second-order valence-corrected chi connectivity index (χ2v) is 5.72. The van der Waals surface area contributed by atoms with E-state index in [9.17, 15) is 5.11 Å². The molecule has 0 radical (unpaired) electrons. The maximum Gasteiger partial charge on any atom is 0.0540 e. The molecule has 1 aliphatic carbocycles. The van der Waals surface area contributed by atoms with Crippen molar-refractivity contribution in [2.75, 3.05) is 0 Å². The quantitative estimate of drug-likeness (QED) is 0.663. The average molecular weight is 184 g/mol. The van der Waals surface area contributed by atoms with Crippen LogP contribution in [0.25, 0.3) is 0 Å². The summed E-state index contributed by atoms with van der Waals surface area (Å²) in [6, 6.07) is 0. The fourth-order valence-electron chi connectivity index (χ4n) is 2.47. The molecule has 1 aliphatic rings. The molecule has 13 heavy (non-hydrogen) atoms. The van der Waals surface area contributed by atoms with Crippen molar-refractivity contribution >= 4 is 0 Å². The first kappa shape index (κ1) is 11.0. The molecule has 1 fully saturated rings. The molecule has 1 rings (SSSR count). The van der Waals surface area contributed by atoms with Gasteiger partial charge in [0.25, 0.3) is 0 Å². The largest absolute Gasteiger partial charge is 0.393 e. The molecule has 0 aliphatic heterocycles. The van der Waals surface area contributed by atoms with E-state index in [0.717, 1.165) is 5.92 Å². The van der Waals surface area contributed by atoms with Gasteiger partial charge in [-0.2, -0.15) is 0 Å². The predicted molar refractivity (Wildman–Crippen MR) is 56.6 cm³/mol. The second-order valence-electron chi connectivity index (χ2n) is 5.72. The van der Waals surface area contributed by atoms with Gasteiger partial charge in [0.1, 0.15) is 0 Å². The van der Waals surface area contributed by atoms with Crippen molar-refractivity contribution in [2.45, 2.75) is 59.5 Å². The van der Waals surface area contributed by atoms with Crippen LogP contribution < -0.4 is 0 Å². The van der Waals surface area contributed by atoms with E-state index >= 15 is 0 Å². The van der Waals surface area contributed by atoms with Crippen LogP contribution in [0.1, 0.15) is 53.4 Å². The van der Waals surface area contributed by atoms with E-state index in [4.69, 9.17) is 0 Å². The van der Waals surface area contributed by atoms with E-state index in [-0.39, 0.29) is 6.10 Å². The van der Waals surface area contributed by atoms with Gasteiger partial charge in [-0.25, -0.2) is 0 Å². The Morgan fingerprint density at radius 2 is 1.54 bits per heavy atom. The van der Waals surface area contributed by atoms with E-state index in [0.29, 0.717) is 11.3 Å². The summed E-state index contributed by atoms with van der Waals surface area (Å²) in [5, 5.41) is 9.47. The van der Waals surface area contributed by atoms with Crippen molar-refractivity contribution in [3.05, 3.63) is 0 Å². The van der Waals surface area contributed by atoms with E-state index < -0.39 is 0 Å². The summed E-state index contributed by atoms with van der Waals surface area (Å²) in [7, 11) is 0. The summed E-state index contributed by atoms with van der Waals surface area (Å²) in [5.74, 6) is 1.43. The Morgan fingerprint density at radius 3 is 1.85 bits per heavy atom. The van der Waals surface area contributed by atoms with Crippen molar-refractivity contribution in [1.82, 2.24) is 0 Å². The van der Waals surface area contributed by atoms with Crippen LogP contribution in [-0.4, -0.2) is 11.2 Å². The van der Waals surface area contributed by atoms with Gasteiger partial charge in [0.05, 0.1) is 6.10 Å². The lowest BCUT2D eigenvalue weighted by molar-refractivity contribution is 0.0647. The molecule has 0 spiro atoms. The number of rotatable bonds is 1. The first-order valence-electron chi connectivity index (χ1n) is 5.59. The van der Waals surface area contributed by atoms with Crippen molar-refractivity contribution in [3.8, 4) is 0 Å². The molecule has 1 saturated carbocycles. The lowest BCUT2D eigenvalue weighted by atomic mass is 9.69. The molecule has 1 heteroatoms. The molecular weight excluding hydrogens is 160 g/mol. The summed E-state index contributed by atoms with van der Waals surface area (Å²) in [4.78, 5) is 0. The van der Waals surface area contributed by atoms with Crippen LogP contribution in [-0.2, 0) is 0 Å². The highest BCUT2D eigenvalue weighted by atomic mass is 16.3. The molecular formula is C12H24O. The normalized spacial score (nSPS) is 33.0. The third-order valence-corrected chi connectivity index (χ3v) is 3.68. The molecule has 78 valence electrons. The van der Waals surface area contributed by atoms with Gasteiger partial charge in [0, 0.05) is 0 Å². The Kier molecular flexibility index (Phi) is 3.39. The predicted octanol–water partition coefficient (Wildman–Crippen LogP) is 3.22. The highest BCUT2D eigenvalue weighted by Crippen LogP contribution is 2.40. The van der Waals surface area contributed by atoms with Crippen LogP contribution in [0, 0.1) is 17.3 Å². The van der Waals surface area contributed by atoms with Crippen molar-refractivity contribution in [2.24, 2.45) is 17.3 Å². The Hall–Kier alpha value is -0.0400. The Morgan fingerprint density at radius 1 is 1.08 bits per heavy atom. The summed E-state index contributed by atoms with van der Waals surface area (Å²) in [6.45, 7) is 8.93.